The van der Waals surface area contributed by atoms with Gasteiger partial charge in [-0.25, -0.2) is 4.68 Å². The molecule has 0 N–H and O–H groups in total. The van der Waals surface area contributed by atoms with Crippen LogP contribution in [0, 0.1) is 0 Å². The Morgan fingerprint density at radius 1 is 1.57 bits per heavy atom. The fourth-order valence-electron chi connectivity index (χ4n) is 1.86. The van der Waals surface area contributed by atoms with E-state index in [4.69, 9.17) is 4.74 Å². The Morgan fingerprint density at radius 3 is 2.87 bits per heavy atom. The highest BCUT2D eigenvalue weighted by Gasteiger charge is 2.49. The third-order valence-electron chi connectivity index (χ3n) is 3.15. The molecule has 6 nitrogen and oxygen atoms in total. The first-order valence-corrected chi connectivity index (χ1v) is 8.10. The van der Waals surface area contributed by atoms with Gasteiger partial charge in [-0.2, -0.15) is 26.7 Å². The molecule has 1 aliphatic rings. The number of halogens is 3. The summed E-state index contributed by atoms with van der Waals surface area (Å²) in [5, 5.41) is 4.07. The van der Waals surface area contributed by atoms with E-state index in [0.29, 0.717) is 12.0 Å². The normalized spacial score (nSPS) is 19.3. The summed E-state index contributed by atoms with van der Waals surface area (Å²) in [6, 6.07) is 0. The molecule has 23 heavy (non-hydrogen) atoms. The Balaban J connectivity index is 2.19. The first-order valence-electron chi connectivity index (χ1n) is 6.70. The van der Waals surface area contributed by atoms with Crippen LogP contribution in [-0.2, 0) is 19.0 Å². The van der Waals surface area contributed by atoms with Gasteiger partial charge in [-0.15, -0.1) is 0 Å². The van der Waals surface area contributed by atoms with Crippen LogP contribution in [0.15, 0.2) is 30.8 Å². The zero-order valence-electron chi connectivity index (χ0n) is 12.2. The second-order valence-electron chi connectivity index (χ2n) is 4.80. The largest absolute Gasteiger partial charge is 0.534 e. The van der Waals surface area contributed by atoms with Crippen LogP contribution in [-0.4, -0.2) is 30.3 Å². The van der Waals surface area contributed by atoms with E-state index in [1.165, 1.54) is 17.0 Å². The summed E-state index contributed by atoms with van der Waals surface area (Å²) in [5.41, 5.74) is -4.18. The molecule has 1 unspecified atom stereocenters. The van der Waals surface area contributed by atoms with E-state index in [9.17, 15) is 21.6 Å². The molecule has 0 amide bonds. The fourth-order valence-corrected chi connectivity index (χ4v) is 2.37. The average molecular weight is 352 g/mol. The second kappa shape index (κ2) is 6.36. The molecule has 0 saturated heterocycles. The van der Waals surface area contributed by atoms with E-state index in [-0.39, 0.29) is 18.8 Å². The van der Waals surface area contributed by atoms with Gasteiger partial charge in [-0.3, -0.25) is 0 Å². The summed E-state index contributed by atoms with van der Waals surface area (Å²) in [7, 11) is -5.67. The lowest BCUT2D eigenvalue weighted by molar-refractivity contribution is -0.0530. The molecule has 2 heterocycles. The lowest BCUT2D eigenvalue weighted by atomic mass is 10.1. The molecule has 1 aliphatic heterocycles. The first kappa shape index (κ1) is 17.5. The number of allylic oxidation sites excluding steroid dienone is 1. The summed E-state index contributed by atoms with van der Waals surface area (Å²) in [6.07, 6.45) is 4.16. The number of hydrogen-bond acceptors (Lipinski definition) is 5. The van der Waals surface area contributed by atoms with Gasteiger partial charge in [-0.05, 0) is 12.5 Å². The minimum Gasteiger partial charge on any atom is -0.381 e. The lowest BCUT2D eigenvalue weighted by Gasteiger charge is -2.21. The van der Waals surface area contributed by atoms with E-state index in [1.807, 2.05) is 6.92 Å². The average Bonchev–Trinajstić information content (AvgIpc) is 2.95. The predicted molar refractivity (Wildman–Crippen MR) is 75.3 cm³/mol. The van der Waals surface area contributed by atoms with Gasteiger partial charge in [0.1, 0.15) is 11.9 Å². The minimum atomic E-state index is -5.67. The minimum absolute atomic E-state index is 0.0315. The monoisotopic (exact) mass is 352 g/mol. The molecule has 1 aromatic rings. The van der Waals surface area contributed by atoms with Crippen LogP contribution in [0.25, 0.3) is 5.70 Å². The summed E-state index contributed by atoms with van der Waals surface area (Å²) in [4.78, 5) is 0. The zero-order valence-corrected chi connectivity index (χ0v) is 13.0. The number of alkyl halides is 3. The maximum absolute atomic E-state index is 12.3. The first-order chi connectivity index (χ1) is 10.6. The SMILES string of the molecule is C=C(CC)n1cc(C2C=C(OS(=O)(=O)C(F)(F)F)CCO2)cn1. The van der Waals surface area contributed by atoms with Crippen molar-refractivity contribution >= 4 is 15.8 Å². The number of rotatable bonds is 5. The molecule has 0 saturated carbocycles. The van der Waals surface area contributed by atoms with Gasteiger partial charge in [0.25, 0.3) is 0 Å². The standard InChI is InChI=1S/C13H15F3N2O4S/c1-3-9(2)18-8-10(7-17-18)12-6-11(4-5-21-12)22-23(19,20)13(14,15)16/h6-8,12H,2-5H2,1H3. The van der Waals surface area contributed by atoms with Gasteiger partial charge < -0.3 is 8.92 Å². The van der Waals surface area contributed by atoms with Crippen molar-refractivity contribution in [3.63, 3.8) is 0 Å². The Bertz CT molecular complexity index is 722. The van der Waals surface area contributed by atoms with Gasteiger partial charge >= 0.3 is 15.6 Å². The van der Waals surface area contributed by atoms with Gasteiger partial charge in [0, 0.05) is 23.9 Å². The highest BCUT2D eigenvalue weighted by atomic mass is 32.2. The highest BCUT2D eigenvalue weighted by molar-refractivity contribution is 7.87. The molecular formula is C13H15F3N2O4S. The van der Waals surface area contributed by atoms with E-state index >= 15 is 0 Å². The number of ether oxygens (including phenoxy) is 1. The Hall–Kier alpha value is -1.81. The molecule has 0 aliphatic carbocycles. The van der Waals surface area contributed by atoms with Crippen molar-refractivity contribution in [1.29, 1.82) is 0 Å². The topological polar surface area (TPSA) is 70.4 Å². The molecule has 1 aromatic heterocycles. The van der Waals surface area contributed by atoms with Gasteiger partial charge in [-0.1, -0.05) is 13.5 Å². The van der Waals surface area contributed by atoms with Crippen LogP contribution in [0.2, 0.25) is 0 Å². The van der Waals surface area contributed by atoms with Crippen LogP contribution in [0.5, 0.6) is 0 Å². The van der Waals surface area contributed by atoms with Crippen molar-refractivity contribution in [3.8, 4) is 0 Å². The third-order valence-corrected chi connectivity index (χ3v) is 4.15. The Kier molecular flexibility index (Phi) is 4.85. The maximum Gasteiger partial charge on any atom is 0.534 e. The van der Waals surface area contributed by atoms with Crippen molar-refractivity contribution in [1.82, 2.24) is 9.78 Å². The number of hydrogen-bond donors (Lipinski definition) is 0. The molecule has 0 bridgehead atoms. The molecule has 0 radical (unpaired) electrons. The van der Waals surface area contributed by atoms with E-state index < -0.39 is 21.7 Å². The van der Waals surface area contributed by atoms with Gasteiger partial charge in [0.2, 0.25) is 0 Å². The van der Waals surface area contributed by atoms with Crippen molar-refractivity contribution in [2.24, 2.45) is 0 Å². The zero-order chi connectivity index (χ0) is 17.3. The molecule has 1 atom stereocenters. The molecular weight excluding hydrogens is 337 g/mol. The van der Waals surface area contributed by atoms with Crippen LogP contribution >= 0.6 is 0 Å². The van der Waals surface area contributed by atoms with Gasteiger partial charge in [0.15, 0.2) is 0 Å². The number of nitrogens with zero attached hydrogens (tertiary/aromatic N) is 2. The van der Waals surface area contributed by atoms with Crippen LogP contribution in [0.3, 0.4) is 0 Å². The summed E-state index contributed by atoms with van der Waals surface area (Å²) < 4.78 is 70.2. The van der Waals surface area contributed by atoms with E-state index in [0.717, 1.165) is 5.70 Å². The van der Waals surface area contributed by atoms with Crippen molar-refractivity contribution in [2.75, 3.05) is 6.61 Å². The summed E-state index contributed by atoms with van der Waals surface area (Å²) in [6.45, 7) is 5.74. The molecule has 0 aromatic carbocycles. The molecule has 128 valence electrons. The molecule has 0 fully saturated rings. The number of aromatic nitrogens is 2. The highest BCUT2D eigenvalue weighted by Crippen LogP contribution is 2.32. The van der Waals surface area contributed by atoms with Gasteiger partial charge in [0.05, 0.1) is 12.8 Å². The van der Waals surface area contributed by atoms with Crippen molar-refractivity contribution < 1.29 is 30.5 Å². The van der Waals surface area contributed by atoms with Crippen LogP contribution in [0.1, 0.15) is 31.4 Å². The van der Waals surface area contributed by atoms with Crippen LogP contribution < -0.4 is 0 Å². The fraction of sp³-hybridized carbons (Fsp3) is 0.462. The quantitative estimate of drug-likeness (QED) is 0.602. The van der Waals surface area contributed by atoms with Crippen molar-refractivity contribution in [2.45, 2.75) is 31.4 Å². The second-order valence-corrected chi connectivity index (χ2v) is 6.33. The lowest BCUT2D eigenvalue weighted by Crippen LogP contribution is -2.26. The Morgan fingerprint density at radius 2 is 2.26 bits per heavy atom. The Labute approximate surface area is 131 Å². The van der Waals surface area contributed by atoms with E-state index in [1.54, 1.807) is 6.20 Å². The predicted octanol–water partition coefficient (Wildman–Crippen LogP) is 2.98. The van der Waals surface area contributed by atoms with E-state index in [2.05, 4.69) is 15.9 Å². The van der Waals surface area contributed by atoms with Crippen LogP contribution in [0.4, 0.5) is 13.2 Å². The third kappa shape index (κ3) is 3.94. The summed E-state index contributed by atoms with van der Waals surface area (Å²) >= 11 is 0. The molecule has 0 spiro atoms. The smallest absolute Gasteiger partial charge is 0.381 e. The van der Waals surface area contributed by atoms with Crippen molar-refractivity contribution in [3.05, 3.63) is 36.4 Å². The molecule has 10 heteroatoms. The molecule has 2 rings (SSSR count). The summed E-state index contributed by atoms with van der Waals surface area (Å²) in [5.74, 6) is -0.305. The maximum atomic E-state index is 12.3.